The van der Waals surface area contributed by atoms with Crippen LogP contribution in [0.2, 0.25) is 0 Å². The summed E-state index contributed by atoms with van der Waals surface area (Å²) in [6.45, 7) is 7.54. The third-order valence-corrected chi connectivity index (χ3v) is 4.51. The number of aryl methyl sites for hydroxylation is 3. The lowest BCUT2D eigenvalue weighted by Crippen LogP contribution is -2.27. The predicted molar refractivity (Wildman–Crippen MR) is 93.2 cm³/mol. The van der Waals surface area contributed by atoms with Crippen molar-refractivity contribution < 1.29 is 9.53 Å². The van der Waals surface area contributed by atoms with E-state index in [1.54, 1.807) is 10.9 Å². The fraction of sp³-hybridized carbons (Fsp3) is 0.474. The molecule has 1 aliphatic rings. The molecule has 2 heterocycles. The van der Waals surface area contributed by atoms with Gasteiger partial charge in [-0.2, -0.15) is 5.10 Å². The van der Waals surface area contributed by atoms with Crippen LogP contribution in [0.25, 0.3) is 0 Å². The highest BCUT2D eigenvalue weighted by Crippen LogP contribution is 2.27. The summed E-state index contributed by atoms with van der Waals surface area (Å²) >= 11 is 0. The molecule has 1 fully saturated rings. The van der Waals surface area contributed by atoms with Crippen LogP contribution in [-0.4, -0.2) is 28.9 Å². The SMILES string of the molecule is Cc1cc(C)cc([C@H](C)NC(=O)c2cn(C)nc2[C@@H]2CCOC2)c1. The van der Waals surface area contributed by atoms with Gasteiger partial charge in [-0.25, -0.2) is 0 Å². The fourth-order valence-electron chi connectivity index (χ4n) is 3.35. The fourth-order valence-corrected chi connectivity index (χ4v) is 3.35. The minimum absolute atomic E-state index is 0.0519. The predicted octanol–water partition coefficient (Wildman–Crippen LogP) is 3.03. The van der Waals surface area contributed by atoms with Crippen LogP contribution in [0.3, 0.4) is 0 Å². The number of ether oxygens (including phenoxy) is 1. The Bertz CT molecular complexity index is 725. The van der Waals surface area contributed by atoms with Gasteiger partial charge < -0.3 is 10.1 Å². The zero-order valence-corrected chi connectivity index (χ0v) is 14.8. The molecule has 0 unspecified atom stereocenters. The average Bonchev–Trinajstić information content (AvgIpc) is 3.14. The highest BCUT2D eigenvalue weighted by molar-refractivity contribution is 5.95. The van der Waals surface area contributed by atoms with Crippen LogP contribution >= 0.6 is 0 Å². The van der Waals surface area contributed by atoms with Gasteiger partial charge in [0.25, 0.3) is 5.91 Å². The van der Waals surface area contributed by atoms with Crippen LogP contribution in [-0.2, 0) is 11.8 Å². The van der Waals surface area contributed by atoms with Crippen LogP contribution in [0, 0.1) is 13.8 Å². The lowest BCUT2D eigenvalue weighted by molar-refractivity contribution is 0.0938. The van der Waals surface area contributed by atoms with E-state index in [2.05, 4.69) is 42.5 Å². The van der Waals surface area contributed by atoms with E-state index >= 15 is 0 Å². The van der Waals surface area contributed by atoms with Crippen LogP contribution < -0.4 is 5.32 Å². The van der Waals surface area contributed by atoms with Gasteiger partial charge in [0.15, 0.2) is 0 Å². The first-order valence-corrected chi connectivity index (χ1v) is 8.44. The zero-order chi connectivity index (χ0) is 17.3. The summed E-state index contributed by atoms with van der Waals surface area (Å²) in [6.07, 6.45) is 2.72. The number of hydrogen-bond donors (Lipinski definition) is 1. The maximum absolute atomic E-state index is 12.8. The van der Waals surface area contributed by atoms with Crippen molar-refractivity contribution in [3.8, 4) is 0 Å². The van der Waals surface area contributed by atoms with E-state index in [1.165, 1.54) is 11.1 Å². The number of hydrogen-bond acceptors (Lipinski definition) is 3. The highest BCUT2D eigenvalue weighted by atomic mass is 16.5. The Kier molecular flexibility index (Phi) is 4.71. The van der Waals surface area contributed by atoms with E-state index in [0.717, 1.165) is 24.3 Å². The summed E-state index contributed by atoms with van der Waals surface area (Å²) in [4.78, 5) is 12.8. The molecule has 0 aliphatic carbocycles. The Morgan fingerprint density at radius 3 is 2.67 bits per heavy atom. The monoisotopic (exact) mass is 327 g/mol. The molecule has 1 saturated heterocycles. The van der Waals surface area contributed by atoms with Crippen molar-refractivity contribution in [2.45, 2.75) is 39.2 Å². The highest BCUT2D eigenvalue weighted by Gasteiger charge is 2.27. The lowest BCUT2D eigenvalue weighted by atomic mass is 9.99. The second-order valence-corrected chi connectivity index (χ2v) is 6.78. The summed E-state index contributed by atoms with van der Waals surface area (Å²) in [5.41, 5.74) is 5.03. The number of benzene rings is 1. The van der Waals surface area contributed by atoms with Crippen LogP contribution in [0.5, 0.6) is 0 Å². The Hall–Kier alpha value is -2.14. The van der Waals surface area contributed by atoms with E-state index in [9.17, 15) is 4.79 Å². The van der Waals surface area contributed by atoms with Crippen molar-refractivity contribution in [3.63, 3.8) is 0 Å². The third-order valence-electron chi connectivity index (χ3n) is 4.51. The Balaban J connectivity index is 1.79. The molecule has 1 aromatic carbocycles. The molecule has 5 heteroatoms. The molecule has 2 aromatic rings. The number of nitrogens with one attached hydrogen (secondary N) is 1. The van der Waals surface area contributed by atoms with E-state index < -0.39 is 0 Å². The van der Waals surface area contributed by atoms with Crippen molar-refractivity contribution in [1.82, 2.24) is 15.1 Å². The van der Waals surface area contributed by atoms with Gasteiger partial charge >= 0.3 is 0 Å². The van der Waals surface area contributed by atoms with Gasteiger partial charge in [0.05, 0.1) is 23.9 Å². The number of aromatic nitrogens is 2. The summed E-state index contributed by atoms with van der Waals surface area (Å²) in [5, 5.41) is 7.61. The first-order chi connectivity index (χ1) is 11.4. The molecule has 0 saturated carbocycles. The average molecular weight is 327 g/mol. The minimum atomic E-state index is -0.0725. The molecule has 1 aromatic heterocycles. The van der Waals surface area contributed by atoms with E-state index in [1.807, 2.05) is 14.0 Å². The second kappa shape index (κ2) is 6.77. The molecule has 3 rings (SSSR count). The molecule has 24 heavy (non-hydrogen) atoms. The molecular weight excluding hydrogens is 302 g/mol. The molecule has 5 nitrogen and oxygen atoms in total. The number of rotatable bonds is 4. The molecule has 0 radical (unpaired) electrons. The second-order valence-electron chi connectivity index (χ2n) is 6.78. The normalized spacial score (nSPS) is 18.6. The maximum atomic E-state index is 12.8. The third kappa shape index (κ3) is 3.51. The van der Waals surface area contributed by atoms with Crippen molar-refractivity contribution in [1.29, 1.82) is 0 Å². The van der Waals surface area contributed by atoms with Gasteiger partial charge in [0.1, 0.15) is 0 Å². The standard InChI is InChI=1S/C19H25N3O2/c1-12-7-13(2)9-16(8-12)14(3)20-19(23)17-10-22(4)21-18(17)15-5-6-24-11-15/h7-10,14-15H,5-6,11H2,1-4H3,(H,20,23)/t14-,15+/m0/s1. The lowest BCUT2D eigenvalue weighted by Gasteiger charge is -2.16. The summed E-state index contributed by atoms with van der Waals surface area (Å²) < 4.78 is 7.16. The molecule has 128 valence electrons. The van der Waals surface area contributed by atoms with Gasteiger partial charge in [0, 0.05) is 25.8 Å². The molecule has 1 aliphatic heterocycles. The molecule has 0 bridgehead atoms. The van der Waals surface area contributed by atoms with E-state index in [0.29, 0.717) is 12.2 Å². The Labute approximate surface area is 143 Å². The molecule has 1 N–H and O–H groups in total. The molecule has 1 amide bonds. The molecular formula is C19H25N3O2. The minimum Gasteiger partial charge on any atom is -0.381 e. The number of carbonyl (C=O) groups excluding carboxylic acids is 1. The topological polar surface area (TPSA) is 56.2 Å². The van der Waals surface area contributed by atoms with Gasteiger partial charge in [-0.3, -0.25) is 9.48 Å². The van der Waals surface area contributed by atoms with Gasteiger partial charge in [-0.15, -0.1) is 0 Å². The number of amides is 1. The first-order valence-electron chi connectivity index (χ1n) is 8.44. The number of nitrogens with zero attached hydrogens (tertiary/aromatic N) is 2. The molecule has 0 spiro atoms. The Morgan fingerprint density at radius 1 is 1.33 bits per heavy atom. The molecule has 2 atom stereocenters. The van der Waals surface area contributed by atoms with E-state index in [4.69, 9.17) is 4.74 Å². The Morgan fingerprint density at radius 2 is 2.04 bits per heavy atom. The maximum Gasteiger partial charge on any atom is 0.255 e. The smallest absolute Gasteiger partial charge is 0.255 e. The van der Waals surface area contributed by atoms with Gasteiger partial charge in [-0.05, 0) is 32.8 Å². The summed E-state index contributed by atoms with van der Waals surface area (Å²) in [6, 6.07) is 6.32. The van der Waals surface area contributed by atoms with Crippen molar-refractivity contribution in [2.24, 2.45) is 7.05 Å². The van der Waals surface area contributed by atoms with Crippen LogP contribution in [0.1, 0.15) is 58.0 Å². The van der Waals surface area contributed by atoms with Gasteiger partial charge in [-0.1, -0.05) is 29.3 Å². The van der Waals surface area contributed by atoms with Gasteiger partial charge in [0.2, 0.25) is 0 Å². The quantitative estimate of drug-likeness (QED) is 0.939. The van der Waals surface area contributed by atoms with Crippen molar-refractivity contribution >= 4 is 5.91 Å². The summed E-state index contributed by atoms with van der Waals surface area (Å²) in [7, 11) is 1.85. The largest absolute Gasteiger partial charge is 0.381 e. The van der Waals surface area contributed by atoms with E-state index in [-0.39, 0.29) is 17.9 Å². The first kappa shape index (κ1) is 16.7. The zero-order valence-electron chi connectivity index (χ0n) is 14.8. The van der Waals surface area contributed by atoms with Crippen molar-refractivity contribution in [3.05, 3.63) is 52.3 Å². The van der Waals surface area contributed by atoms with Crippen LogP contribution in [0.4, 0.5) is 0 Å². The summed E-state index contributed by atoms with van der Waals surface area (Å²) in [5.74, 6) is 0.139. The number of carbonyl (C=O) groups is 1. The van der Waals surface area contributed by atoms with Crippen LogP contribution in [0.15, 0.2) is 24.4 Å². The van der Waals surface area contributed by atoms with Crippen molar-refractivity contribution in [2.75, 3.05) is 13.2 Å².